The van der Waals surface area contributed by atoms with Gasteiger partial charge in [-0.25, -0.2) is 0 Å². The van der Waals surface area contributed by atoms with E-state index in [1.807, 2.05) is 32.0 Å². The highest BCUT2D eigenvalue weighted by Crippen LogP contribution is 2.34. The largest absolute Gasteiger partial charge is 0.507 e. The molecule has 0 atom stereocenters. The van der Waals surface area contributed by atoms with Crippen molar-refractivity contribution < 1.29 is 19.4 Å². The molecule has 1 saturated heterocycles. The van der Waals surface area contributed by atoms with Crippen molar-refractivity contribution >= 4 is 44.9 Å². The highest BCUT2D eigenvalue weighted by molar-refractivity contribution is 9.10. The molecule has 0 saturated carbocycles. The summed E-state index contributed by atoms with van der Waals surface area (Å²) in [5.41, 5.74) is 2.56. The van der Waals surface area contributed by atoms with Gasteiger partial charge in [0.05, 0.1) is 11.4 Å². The summed E-state index contributed by atoms with van der Waals surface area (Å²) in [4.78, 5) is 26.2. The molecule has 27 heavy (non-hydrogen) atoms. The first-order valence-corrected chi connectivity index (χ1v) is 9.90. The van der Waals surface area contributed by atoms with Crippen molar-refractivity contribution in [1.29, 1.82) is 0 Å². The van der Waals surface area contributed by atoms with Gasteiger partial charge in [0.25, 0.3) is 11.1 Å². The van der Waals surface area contributed by atoms with Crippen molar-refractivity contribution in [3.8, 4) is 11.5 Å². The molecule has 1 N–H and O–H groups in total. The maximum atomic E-state index is 12.5. The Morgan fingerprint density at radius 3 is 2.74 bits per heavy atom. The smallest absolute Gasteiger partial charge is 0.293 e. The topological polar surface area (TPSA) is 66.8 Å². The molecule has 2 aromatic rings. The first kappa shape index (κ1) is 19.5. The lowest BCUT2D eigenvalue weighted by atomic mass is 10.1. The summed E-state index contributed by atoms with van der Waals surface area (Å²) < 4.78 is 6.51. The molecule has 1 heterocycles. The molecule has 0 unspecified atom stereocenters. The number of amides is 2. The Kier molecular flexibility index (Phi) is 5.92. The second kappa shape index (κ2) is 8.19. The fraction of sp³-hybridized carbons (Fsp3) is 0.200. The molecule has 1 aliphatic heterocycles. The van der Waals surface area contributed by atoms with Crippen molar-refractivity contribution in [2.45, 2.75) is 13.8 Å². The van der Waals surface area contributed by atoms with Crippen molar-refractivity contribution in [3.63, 3.8) is 0 Å². The van der Waals surface area contributed by atoms with Gasteiger partial charge in [-0.15, -0.1) is 0 Å². The van der Waals surface area contributed by atoms with Crippen LogP contribution in [0.1, 0.15) is 16.7 Å². The SMILES string of the molecule is Cc1ccc(C)c(OCCN2C(=O)S/C(=C\c3cc(Br)ccc3O)C2=O)c1. The molecule has 0 spiro atoms. The maximum absolute atomic E-state index is 12.5. The molecule has 1 fully saturated rings. The monoisotopic (exact) mass is 447 g/mol. The first-order chi connectivity index (χ1) is 12.8. The number of phenolic OH excluding ortho intramolecular Hbond substituents is 1. The van der Waals surface area contributed by atoms with Crippen LogP contribution < -0.4 is 4.74 Å². The van der Waals surface area contributed by atoms with Crippen LogP contribution in [0.5, 0.6) is 11.5 Å². The molecule has 0 aliphatic carbocycles. The van der Waals surface area contributed by atoms with Crippen LogP contribution in [-0.4, -0.2) is 34.3 Å². The highest BCUT2D eigenvalue weighted by atomic mass is 79.9. The average molecular weight is 448 g/mol. The molecule has 2 amide bonds. The van der Waals surface area contributed by atoms with E-state index in [9.17, 15) is 14.7 Å². The number of imide groups is 1. The second-order valence-corrected chi connectivity index (χ2v) is 8.06. The number of halogens is 1. The average Bonchev–Trinajstić information content (AvgIpc) is 2.88. The van der Waals surface area contributed by atoms with Gasteiger partial charge in [-0.1, -0.05) is 28.1 Å². The lowest BCUT2D eigenvalue weighted by Crippen LogP contribution is -2.32. The normalized spacial score (nSPS) is 15.7. The number of ether oxygens (including phenoxy) is 1. The van der Waals surface area contributed by atoms with E-state index in [1.54, 1.807) is 12.1 Å². The zero-order valence-electron chi connectivity index (χ0n) is 14.9. The first-order valence-electron chi connectivity index (χ1n) is 8.29. The lowest BCUT2D eigenvalue weighted by molar-refractivity contribution is -0.123. The van der Waals surface area contributed by atoms with Crippen molar-refractivity contribution in [3.05, 3.63) is 62.5 Å². The standard InChI is InChI=1S/C20H18BrNO4S/c1-12-3-4-13(2)17(9-12)26-8-7-22-19(24)18(27-20(22)25)11-14-10-15(21)5-6-16(14)23/h3-6,9-11,23H,7-8H2,1-2H3/b18-11-. The summed E-state index contributed by atoms with van der Waals surface area (Å²) in [5.74, 6) is 0.411. The van der Waals surface area contributed by atoms with Gasteiger partial charge in [0.1, 0.15) is 18.1 Å². The maximum Gasteiger partial charge on any atom is 0.293 e. The molecule has 5 nitrogen and oxygen atoms in total. The number of rotatable bonds is 5. The molecule has 0 bridgehead atoms. The molecule has 7 heteroatoms. The van der Waals surface area contributed by atoms with Gasteiger partial charge in [-0.05, 0) is 67.1 Å². The Balaban J connectivity index is 1.68. The quantitative estimate of drug-likeness (QED) is 0.660. The summed E-state index contributed by atoms with van der Waals surface area (Å²) in [6.07, 6.45) is 1.52. The van der Waals surface area contributed by atoms with E-state index >= 15 is 0 Å². The van der Waals surface area contributed by atoms with Gasteiger partial charge in [0, 0.05) is 10.0 Å². The molecule has 2 aromatic carbocycles. The summed E-state index contributed by atoms with van der Waals surface area (Å²) >= 11 is 4.19. The van der Waals surface area contributed by atoms with Crippen LogP contribution in [0.3, 0.4) is 0 Å². The number of hydrogen-bond acceptors (Lipinski definition) is 5. The second-order valence-electron chi connectivity index (χ2n) is 6.15. The zero-order valence-corrected chi connectivity index (χ0v) is 17.3. The van der Waals surface area contributed by atoms with E-state index in [-0.39, 0.29) is 35.0 Å². The van der Waals surface area contributed by atoms with Gasteiger partial charge in [0.2, 0.25) is 0 Å². The Morgan fingerprint density at radius 1 is 1.19 bits per heavy atom. The van der Waals surface area contributed by atoms with Crippen LogP contribution in [0.2, 0.25) is 0 Å². The van der Waals surface area contributed by atoms with Crippen LogP contribution in [-0.2, 0) is 4.79 Å². The van der Waals surface area contributed by atoms with E-state index < -0.39 is 0 Å². The van der Waals surface area contributed by atoms with Crippen LogP contribution in [0, 0.1) is 13.8 Å². The van der Waals surface area contributed by atoms with E-state index in [0.717, 1.165) is 38.0 Å². The predicted octanol–water partition coefficient (Wildman–Crippen LogP) is 4.89. The van der Waals surface area contributed by atoms with Crippen LogP contribution in [0.4, 0.5) is 4.79 Å². The third kappa shape index (κ3) is 4.54. The van der Waals surface area contributed by atoms with E-state index in [4.69, 9.17) is 4.74 Å². The minimum absolute atomic E-state index is 0.0447. The number of thioether (sulfide) groups is 1. The lowest BCUT2D eigenvalue weighted by Gasteiger charge is -2.14. The van der Waals surface area contributed by atoms with Crippen molar-refractivity contribution in [1.82, 2.24) is 4.90 Å². The minimum Gasteiger partial charge on any atom is -0.507 e. The number of phenols is 1. The van der Waals surface area contributed by atoms with Gasteiger partial charge in [-0.3, -0.25) is 14.5 Å². The van der Waals surface area contributed by atoms with E-state index in [0.29, 0.717) is 5.56 Å². The fourth-order valence-electron chi connectivity index (χ4n) is 2.58. The molecule has 0 radical (unpaired) electrons. The van der Waals surface area contributed by atoms with Gasteiger partial charge in [0.15, 0.2) is 0 Å². The number of hydrogen-bond donors (Lipinski definition) is 1. The Bertz CT molecular complexity index is 942. The minimum atomic E-state index is -0.381. The molecule has 3 rings (SSSR count). The molecule has 140 valence electrons. The van der Waals surface area contributed by atoms with Crippen LogP contribution in [0.25, 0.3) is 6.08 Å². The summed E-state index contributed by atoms with van der Waals surface area (Å²) in [6, 6.07) is 10.8. The van der Waals surface area contributed by atoms with Crippen molar-refractivity contribution in [2.24, 2.45) is 0 Å². The van der Waals surface area contributed by atoms with Gasteiger partial charge >= 0.3 is 0 Å². The number of nitrogens with zero attached hydrogens (tertiary/aromatic N) is 1. The Morgan fingerprint density at radius 2 is 1.96 bits per heavy atom. The molecular weight excluding hydrogens is 430 g/mol. The fourth-order valence-corrected chi connectivity index (χ4v) is 3.82. The van der Waals surface area contributed by atoms with Gasteiger partial charge < -0.3 is 9.84 Å². The Labute approximate surface area is 170 Å². The van der Waals surface area contributed by atoms with E-state index in [2.05, 4.69) is 15.9 Å². The molecular formula is C20H18BrNO4S. The third-order valence-corrected chi connectivity index (χ3v) is 5.47. The van der Waals surface area contributed by atoms with Crippen molar-refractivity contribution in [2.75, 3.05) is 13.2 Å². The van der Waals surface area contributed by atoms with E-state index in [1.165, 1.54) is 12.1 Å². The third-order valence-electron chi connectivity index (χ3n) is 4.07. The number of aryl methyl sites for hydroxylation is 2. The molecule has 0 aromatic heterocycles. The van der Waals surface area contributed by atoms with Gasteiger partial charge in [-0.2, -0.15) is 0 Å². The Hall–Kier alpha value is -2.25. The predicted molar refractivity (Wildman–Crippen MR) is 110 cm³/mol. The number of aromatic hydroxyl groups is 1. The summed E-state index contributed by atoms with van der Waals surface area (Å²) in [5, 5.41) is 9.58. The molecule has 1 aliphatic rings. The number of benzene rings is 2. The highest BCUT2D eigenvalue weighted by Gasteiger charge is 2.35. The number of carbonyl (C=O) groups is 2. The summed E-state index contributed by atoms with van der Waals surface area (Å²) in [7, 11) is 0. The summed E-state index contributed by atoms with van der Waals surface area (Å²) in [6.45, 7) is 4.31. The zero-order chi connectivity index (χ0) is 19.6. The van der Waals surface area contributed by atoms with Crippen LogP contribution >= 0.6 is 27.7 Å². The number of carbonyl (C=O) groups excluding carboxylic acids is 2. The van der Waals surface area contributed by atoms with Crippen LogP contribution in [0.15, 0.2) is 45.8 Å².